The lowest BCUT2D eigenvalue weighted by Crippen LogP contribution is -2.35. The zero-order valence-corrected chi connectivity index (χ0v) is 26.1. The number of halogens is 8. The highest BCUT2D eigenvalue weighted by Gasteiger charge is 2.68. The number of aromatic nitrogens is 3. The van der Waals surface area contributed by atoms with Gasteiger partial charge in [-0.2, -0.15) is 27.1 Å². The highest BCUT2D eigenvalue weighted by molar-refractivity contribution is 9.10. The SMILES string of the molecule is CC(C)(C#Cc1ccc(Br)c([C@H](Cc2cc(F)cc(F)c2)NC(=O)Cn2nc(C(F)(F)F)c3c2C(F)(F)[C@H]2C[C@@H]32)n1)S(C)(=O)=O. The first-order chi connectivity index (χ1) is 20.7. The molecule has 3 aromatic rings. The number of pyridine rings is 1. The molecule has 0 spiro atoms. The smallest absolute Gasteiger partial charge is 0.346 e. The van der Waals surface area contributed by atoms with Crippen LogP contribution in [0.3, 0.4) is 0 Å². The Labute approximate surface area is 261 Å². The van der Waals surface area contributed by atoms with Crippen LogP contribution in [0.1, 0.15) is 66.1 Å². The standard InChI is InChI=1S/C29H24BrF7N4O3S/c1-27(2,45(3,43)44)7-6-17-4-5-20(30)24(38-17)21(10-14-8-15(31)11-16(32)9-14)39-22(42)13-41-26-23(25(40-41)29(35,36)37)18-12-19(18)28(26,33)34/h4-5,8-9,11,18-19,21H,10,12-13H2,1-3H3,(H,39,42)/t18-,19+,21+/m1/s1. The molecular weight excluding hydrogens is 697 g/mol. The molecule has 5 rings (SSSR count). The van der Waals surface area contributed by atoms with Gasteiger partial charge in [0.05, 0.1) is 11.7 Å². The van der Waals surface area contributed by atoms with Crippen LogP contribution in [0.15, 0.2) is 34.8 Å². The summed E-state index contributed by atoms with van der Waals surface area (Å²) in [6, 6.07) is 4.34. The van der Waals surface area contributed by atoms with E-state index in [1.54, 1.807) is 0 Å². The molecule has 0 saturated heterocycles. The van der Waals surface area contributed by atoms with Crippen LogP contribution in [-0.4, -0.2) is 40.1 Å². The molecule has 3 atom stereocenters. The Hall–Kier alpha value is -3.45. The molecule has 1 N–H and O–H groups in total. The van der Waals surface area contributed by atoms with Crippen LogP contribution in [-0.2, 0) is 39.7 Å². The minimum absolute atomic E-state index is 0.0604. The van der Waals surface area contributed by atoms with Crippen LogP contribution in [0.25, 0.3) is 0 Å². The van der Waals surface area contributed by atoms with Gasteiger partial charge in [-0.3, -0.25) is 9.48 Å². The fraction of sp³-hybridized carbons (Fsp3) is 0.414. The summed E-state index contributed by atoms with van der Waals surface area (Å²) in [6.07, 6.45) is -4.42. The van der Waals surface area contributed by atoms with Gasteiger partial charge in [0.25, 0.3) is 5.92 Å². The summed E-state index contributed by atoms with van der Waals surface area (Å²) in [5, 5.41) is 5.88. The van der Waals surface area contributed by atoms with E-state index in [1.165, 1.54) is 26.0 Å². The normalized spacial score (nSPS) is 19.3. The number of benzene rings is 1. The maximum absolute atomic E-state index is 15.0. The number of amides is 1. The molecule has 7 nitrogen and oxygen atoms in total. The molecule has 2 aromatic heterocycles. The van der Waals surface area contributed by atoms with Crippen molar-refractivity contribution in [3.63, 3.8) is 0 Å². The molecule has 1 fully saturated rings. The summed E-state index contributed by atoms with van der Waals surface area (Å²) in [7, 11) is -3.59. The number of nitrogens with zero attached hydrogens (tertiary/aromatic N) is 3. The van der Waals surface area contributed by atoms with Gasteiger partial charge in [0.15, 0.2) is 15.5 Å². The van der Waals surface area contributed by atoms with Gasteiger partial charge in [-0.15, -0.1) is 0 Å². The van der Waals surface area contributed by atoms with Crippen molar-refractivity contribution in [2.75, 3.05) is 6.26 Å². The van der Waals surface area contributed by atoms with Gasteiger partial charge in [-0.05, 0) is 84.3 Å². The van der Waals surface area contributed by atoms with E-state index in [1.807, 2.05) is 0 Å². The molecule has 2 aliphatic rings. The minimum Gasteiger partial charge on any atom is -0.346 e. The second-order valence-corrected chi connectivity index (χ2v) is 15.0. The third kappa shape index (κ3) is 6.46. The third-order valence-corrected chi connectivity index (χ3v) is 10.4. The van der Waals surface area contributed by atoms with Gasteiger partial charge < -0.3 is 5.32 Å². The largest absolute Gasteiger partial charge is 0.435 e. The first-order valence-electron chi connectivity index (χ1n) is 13.4. The molecule has 1 saturated carbocycles. The van der Waals surface area contributed by atoms with E-state index in [0.717, 1.165) is 18.4 Å². The Morgan fingerprint density at radius 3 is 2.42 bits per heavy atom. The highest BCUT2D eigenvalue weighted by Crippen LogP contribution is 2.68. The van der Waals surface area contributed by atoms with Crippen LogP contribution in [0.2, 0.25) is 0 Å². The summed E-state index contributed by atoms with van der Waals surface area (Å²) in [6.45, 7) is 1.76. The predicted octanol–water partition coefficient (Wildman–Crippen LogP) is 5.82. The number of fused-ring (bicyclic) bond motifs is 3. The molecule has 1 aromatic carbocycles. The Balaban J connectivity index is 1.51. The summed E-state index contributed by atoms with van der Waals surface area (Å²) in [5.41, 5.74) is -2.84. The molecule has 2 aliphatic carbocycles. The van der Waals surface area contributed by atoms with Crippen LogP contribution in [0.4, 0.5) is 30.7 Å². The van der Waals surface area contributed by atoms with Crippen LogP contribution in [0, 0.1) is 29.4 Å². The van der Waals surface area contributed by atoms with Gasteiger partial charge in [0.2, 0.25) is 5.91 Å². The topological polar surface area (TPSA) is 93.9 Å². The van der Waals surface area contributed by atoms with Crippen molar-refractivity contribution in [1.82, 2.24) is 20.1 Å². The molecule has 16 heteroatoms. The molecule has 240 valence electrons. The minimum atomic E-state index is -5.02. The van der Waals surface area contributed by atoms with E-state index >= 15 is 8.78 Å². The van der Waals surface area contributed by atoms with Crippen LogP contribution >= 0.6 is 15.9 Å². The maximum Gasteiger partial charge on any atom is 0.435 e. The first kappa shape index (κ1) is 32.9. The second kappa shape index (κ2) is 11.1. The summed E-state index contributed by atoms with van der Waals surface area (Å²) in [4.78, 5) is 17.6. The quantitative estimate of drug-likeness (QED) is 0.245. The number of hydrogen-bond acceptors (Lipinski definition) is 5. The lowest BCUT2D eigenvalue weighted by molar-refractivity contribution is -0.142. The number of hydrogen-bond donors (Lipinski definition) is 1. The fourth-order valence-corrected chi connectivity index (χ4v) is 5.96. The molecule has 45 heavy (non-hydrogen) atoms. The summed E-state index contributed by atoms with van der Waals surface area (Å²) < 4.78 is 123. The van der Waals surface area contributed by atoms with E-state index in [2.05, 4.69) is 43.2 Å². The summed E-state index contributed by atoms with van der Waals surface area (Å²) in [5.74, 6) is -3.52. The third-order valence-electron chi connectivity index (χ3n) is 7.81. The van der Waals surface area contributed by atoms with E-state index in [4.69, 9.17) is 0 Å². The lowest BCUT2D eigenvalue weighted by Gasteiger charge is -2.21. The highest BCUT2D eigenvalue weighted by atomic mass is 79.9. The number of alkyl halides is 5. The molecule has 0 radical (unpaired) electrons. The van der Waals surface area contributed by atoms with Crippen LogP contribution < -0.4 is 5.32 Å². The maximum atomic E-state index is 15.0. The van der Waals surface area contributed by atoms with E-state index in [-0.39, 0.29) is 34.3 Å². The number of rotatable bonds is 7. The molecule has 0 aliphatic heterocycles. The van der Waals surface area contributed by atoms with E-state index in [9.17, 15) is 35.2 Å². The van der Waals surface area contributed by atoms with Crippen LogP contribution in [0.5, 0.6) is 0 Å². The molecule has 0 unspecified atom stereocenters. The van der Waals surface area contributed by atoms with Crippen molar-refractivity contribution >= 4 is 31.7 Å². The van der Waals surface area contributed by atoms with E-state index < -0.39 is 85.6 Å². The Kier molecular flexibility index (Phi) is 8.13. The van der Waals surface area contributed by atoms with Crippen molar-refractivity contribution < 1.29 is 43.9 Å². The number of carbonyl (C=O) groups is 1. The molecule has 2 heterocycles. The van der Waals surface area contributed by atoms with Crippen molar-refractivity contribution in [2.24, 2.45) is 5.92 Å². The molecular formula is C29H24BrF7N4O3S. The van der Waals surface area contributed by atoms with E-state index in [0.29, 0.717) is 10.7 Å². The van der Waals surface area contributed by atoms with Gasteiger partial charge in [0.1, 0.15) is 34.3 Å². The Morgan fingerprint density at radius 2 is 1.82 bits per heavy atom. The average Bonchev–Trinajstić information content (AvgIpc) is 3.54. The summed E-state index contributed by atoms with van der Waals surface area (Å²) >= 11 is 3.30. The lowest BCUT2D eigenvalue weighted by atomic mass is 10.0. The first-order valence-corrected chi connectivity index (χ1v) is 16.1. The molecule has 0 bridgehead atoms. The van der Waals surface area contributed by atoms with Crippen molar-refractivity contribution in [2.45, 2.75) is 62.0 Å². The zero-order valence-electron chi connectivity index (χ0n) is 23.7. The van der Waals surface area contributed by atoms with Crippen molar-refractivity contribution in [3.8, 4) is 11.8 Å². The number of carbonyl (C=O) groups excluding carboxylic acids is 1. The second-order valence-electron chi connectivity index (χ2n) is 11.5. The number of nitrogens with one attached hydrogen (secondary N) is 1. The van der Waals surface area contributed by atoms with Gasteiger partial charge >= 0.3 is 6.18 Å². The van der Waals surface area contributed by atoms with Crippen molar-refractivity contribution in [1.29, 1.82) is 0 Å². The van der Waals surface area contributed by atoms with Gasteiger partial charge in [-0.1, -0.05) is 5.92 Å². The predicted molar refractivity (Wildman–Crippen MR) is 151 cm³/mol. The Morgan fingerprint density at radius 1 is 1.18 bits per heavy atom. The van der Waals surface area contributed by atoms with Crippen molar-refractivity contribution in [3.05, 3.63) is 80.3 Å². The van der Waals surface area contributed by atoms with Gasteiger partial charge in [0, 0.05) is 28.3 Å². The average molecular weight is 721 g/mol. The molecule has 1 amide bonds. The van der Waals surface area contributed by atoms with Gasteiger partial charge in [-0.25, -0.2) is 22.2 Å². The fourth-order valence-electron chi connectivity index (χ4n) is 5.23. The monoisotopic (exact) mass is 720 g/mol. The Bertz CT molecular complexity index is 1860. The number of sulfone groups is 1. The zero-order chi connectivity index (χ0) is 33.3.